The number of esters is 1. The van der Waals surface area contributed by atoms with Gasteiger partial charge in [0, 0.05) is 38.3 Å². The van der Waals surface area contributed by atoms with E-state index in [1.807, 2.05) is 66.7 Å². The molecule has 1 aromatic heterocycles. The molecule has 2 aromatic carbocycles. The zero-order valence-corrected chi connectivity index (χ0v) is 20.7. The molecular formula is C28H30N4O5. The van der Waals surface area contributed by atoms with Crippen LogP contribution in [0.2, 0.25) is 0 Å². The number of carbonyl (C=O) groups excluding carboxylic acids is 3. The molecule has 1 saturated heterocycles. The van der Waals surface area contributed by atoms with Crippen LogP contribution in [0.3, 0.4) is 0 Å². The third kappa shape index (κ3) is 6.99. The predicted octanol–water partition coefficient (Wildman–Crippen LogP) is 3.12. The molecule has 1 atom stereocenters. The topological polar surface area (TPSA) is 110 Å². The Kier molecular flexibility index (Phi) is 8.96. The van der Waals surface area contributed by atoms with Gasteiger partial charge in [-0.3, -0.25) is 4.79 Å². The van der Waals surface area contributed by atoms with Crippen molar-refractivity contribution < 1.29 is 23.9 Å². The van der Waals surface area contributed by atoms with Crippen LogP contribution in [0, 0.1) is 0 Å². The second-order valence-electron chi connectivity index (χ2n) is 8.47. The van der Waals surface area contributed by atoms with E-state index in [0.717, 1.165) is 16.7 Å². The largest absolute Gasteiger partial charge is 0.417 e. The number of benzene rings is 2. The fraction of sp³-hybridized carbons (Fsp3) is 0.286. The molecule has 0 radical (unpaired) electrons. The minimum atomic E-state index is -1.18. The van der Waals surface area contributed by atoms with E-state index in [9.17, 15) is 14.4 Å². The molecule has 0 spiro atoms. The number of nitrogens with one attached hydrogen (secondary N) is 2. The minimum Gasteiger partial charge on any atom is -0.379 e. The lowest BCUT2D eigenvalue weighted by Crippen LogP contribution is -2.50. The molecule has 2 heterocycles. The van der Waals surface area contributed by atoms with Gasteiger partial charge in [0.15, 0.2) is 6.04 Å². The predicted molar refractivity (Wildman–Crippen MR) is 139 cm³/mol. The number of nitrogens with zero attached hydrogens (tertiary/aromatic N) is 2. The Balaban J connectivity index is 1.57. The van der Waals surface area contributed by atoms with E-state index in [0.29, 0.717) is 38.5 Å². The fourth-order valence-electron chi connectivity index (χ4n) is 3.91. The summed E-state index contributed by atoms with van der Waals surface area (Å²) in [6.07, 6.45) is -0.738. The Morgan fingerprint density at radius 1 is 0.946 bits per heavy atom. The monoisotopic (exact) mass is 502 g/mol. The second kappa shape index (κ2) is 12.8. The van der Waals surface area contributed by atoms with Crippen molar-refractivity contribution in [2.75, 3.05) is 39.4 Å². The molecule has 0 saturated carbocycles. The normalized spacial score (nSPS) is 14.0. The van der Waals surface area contributed by atoms with Crippen molar-refractivity contribution in [2.45, 2.75) is 13.0 Å². The summed E-state index contributed by atoms with van der Waals surface area (Å²) in [5.41, 5.74) is 3.31. The number of piperazine rings is 1. The van der Waals surface area contributed by atoms with Crippen LogP contribution in [0.5, 0.6) is 0 Å². The highest BCUT2D eigenvalue weighted by atomic mass is 16.6. The number of ether oxygens (including phenoxy) is 2. The summed E-state index contributed by atoms with van der Waals surface area (Å²) in [7, 11) is 0. The molecule has 0 aliphatic carbocycles. The number of aromatic nitrogens is 1. The third-order valence-electron chi connectivity index (χ3n) is 5.88. The molecule has 9 heteroatoms. The van der Waals surface area contributed by atoms with Crippen molar-refractivity contribution in [3.8, 4) is 22.4 Å². The third-order valence-corrected chi connectivity index (χ3v) is 5.88. The van der Waals surface area contributed by atoms with Crippen molar-refractivity contribution in [1.29, 1.82) is 0 Å². The smallest absolute Gasteiger partial charge is 0.379 e. The molecule has 2 amide bonds. The van der Waals surface area contributed by atoms with Crippen molar-refractivity contribution in [1.82, 2.24) is 20.5 Å². The van der Waals surface area contributed by atoms with E-state index in [-0.39, 0.29) is 12.3 Å². The highest BCUT2D eigenvalue weighted by molar-refractivity contribution is 5.98. The molecule has 192 valence electrons. The Morgan fingerprint density at radius 3 is 2.24 bits per heavy atom. The van der Waals surface area contributed by atoms with E-state index >= 15 is 0 Å². The van der Waals surface area contributed by atoms with Gasteiger partial charge in [0.1, 0.15) is 5.69 Å². The minimum absolute atomic E-state index is 0.128. The molecule has 4 rings (SSSR count). The van der Waals surface area contributed by atoms with Gasteiger partial charge in [-0.2, -0.15) is 0 Å². The van der Waals surface area contributed by atoms with Gasteiger partial charge in [0.2, 0.25) is 0 Å². The number of hydrogen-bond acceptors (Lipinski definition) is 7. The molecular weight excluding hydrogens is 472 g/mol. The lowest BCUT2D eigenvalue weighted by molar-refractivity contribution is -0.142. The molecule has 1 aliphatic rings. The lowest BCUT2D eigenvalue weighted by atomic mass is 10.0. The first-order valence-corrected chi connectivity index (χ1v) is 12.3. The Labute approximate surface area is 215 Å². The van der Waals surface area contributed by atoms with Crippen LogP contribution in [-0.2, 0) is 14.3 Å². The molecule has 1 unspecified atom stereocenters. The highest BCUT2D eigenvalue weighted by Gasteiger charge is 2.29. The summed E-state index contributed by atoms with van der Waals surface area (Å²) in [5.74, 6) is -1.46. The SMILES string of the molecule is CCOCC(NC(=O)c1cc(-c2ccccc2)cc(-c2ccccc2)n1)C(=O)OC(=O)N1CCNCC1. The van der Waals surface area contributed by atoms with Crippen molar-refractivity contribution >= 4 is 18.0 Å². The van der Waals surface area contributed by atoms with Crippen LogP contribution < -0.4 is 10.6 Å². The van der Waals surface area contributed by atoms with Crippen LogP contribution in [0.4, 0.5) is 4.79 Å². The first kappa shape index (κ1) is 26.0. The molecule has 37 heavy (non-hydrogen) atoms. The van der Waals surface area contributed by atoms with Crippen LogP contribution in [0.1, 0.15) is 17.4 Å². The zero-order valence-electron chi connectivity index (χ0n) is 20.7. The van der Waals surface area contributed by atoms with E-state index in [1.54, 1.807) is 13.0 Å². The number of pyridine rings is 1. The van der Waals surface area contributed by atoms with E-state index in [4.69, 9.17) is 9.47 Å². The summed E-state index contributed by atoms with van der Waals surface area (Å²) in [5, 5.41) is 5.78. The molecule has 0 bridgehead atoms. The summed E-state index contributed by atoms with van der Waals surface area (Å²) < 4.78 is 10.5. The van der Waals surface area contributed by atoms with Gasteiger partial charge >= 0.3 is 12.1 Å². The van der Waals surface area contributed by atoms with E-state index < -0.39 is 24.0 Å². The van der Waals surface area contributed by atoms with Crippen LogP contribution in [0.25, 0.3) is 22.4 Å². The second-order valence-corrected chi connectivity index (χ2v) is 8.47. The summed E-state index contributed by atoms with van der Waals surface area (Å²) in [6, 6.07) is 21.6. The Morgan fingerprint density at radius 2 is 1.59 bits per heavy atom. The Bertz CT molecular complexity index is 1160. The Hall–Kier alpha value is -4.08. The van der Waals surface area contributed by atoms with Gasteiger partial charge in [-0.15, -0.1) is 0 Å². The fourth-order valence-corrected chi connectivity index (χ4v) is 3.91. The number of carbonyl (C=O) groups is 3. The first-order valence-electron chi connectivity index (χ1n) is 12.3. The van der Waals surface area contributed by atoms with Crippen molar-refractivity contribution in [3.63, 3.8) is 0 Å². The van der Waals surface area contributed by atoms with Gasteiger partial charge in [-0.25, -0.2) is 14.6 Å². The van der Waals surface area contributed by atoms with Crippen molar-refractivity contribution in [3.05, 3.63) is 78.5 Å². The maximum absolute atomic E-state index is 13.3. The van der Waals surface area contributed by atoms with Crippen LogP contribution >= 0.6 is 0 Å². The number of rotatable bonds is 8. The molecule has 3 aromatic rings. The highest BCUT2D eigenvalue weighted by Crippen LogP contribution is 2.26. The number of amides is 2. The van der Waals surface area contributed by atoms with Crippen LogP contribution in [0.15, 0.2) is 72.8 Å². The molecule has 1 fully saturated rings. The van der Waals surface area contributed by atoms with Gasteiger partial charge in [-0.1, -0.05) is 60.7 Å². The summed E-state index contributed by atoms with van der Waals surface area (Å²) >= 11 is 0. The average molecular weight is 503 g/mol. The van der Waals surface area contributed by atoms with Gasteiger partial charge in [0.25, 0.3) is 5.91 Å². The molecule has 1 aliphatic heterocycles. The molecule has 9 nitrogen and oxygen atoms in total. The summed E-state index contributed by atoms with van der Waals surface area (Å²) in [4.78, 5) is 44.6. The van der Waals surface area contributed by atoms with Crippen molar-refractivity contribution in [2.24, 2.45) is 0 Å². The first-order chi connectivity index (χ1) is 18.0. The maximum atomic E-state index is 13.3. The van der Waals surface area contributed by atoms with E-state index in [1.165, 1.54) is 4.90 Å². The quantitative estimate of drug-likeness (QED) is 0.360. The standard InChI is InChI=1S/C28H30N4O5/c1-2-36-19-25(27(34)37-28(35)32-15-13-29-14-16-32)31-26(33)24-18-22(20-9-5-3-6-10-20)17-23(30-24)21-11-7-4-8-12-21/h3-12,17-18,25,29H,2,13-16,19H2,1H3,(H,31,33). The van der Waals surface area contributed by atoms with Gasteiger partial charge < -0.3 is 25.0 Å². The lowest BCUT2D eigenvalue weighted by Gasteiger charge is -2.26. The maximum Gasteiger partial charge on any atom is 0.417 e. The number of hydrogen-bond donors (Lipinski definition) is 2. The van der Waals surface area contributed by atoms with Gasteiger partial charge in [-0.05, 0) is 30.2 Å². The molecule has 2 N–H and O–H groups in total. The summed E-state index contributed by atoms with van der Waals surface area (Å²) in [6.45, 7) is 4.07. The average Bonchev–Trinajstić information content (AvgIpc) is 2.96. The van der Waals surface area contributed by atoms with E-state index in [2.05, 4.69) is 15.6 Å². The van der Waals surface area contributed by atoms with Crippen LogP contribution in [-0.4, -0.2) is 73.3 Å². The zero-order chi connectivity index (χ0) is 26.0. The van der Waals surface area contributed by atoms with Gasteiger partial charge in [0.05, 0.1) is 12.3 Å².